The van der Waals surface area contributed by atoms with Crippen molar-refractivity contribution in [3.05, 3.63) is 33.8 Å². The Labute approximate surface area is 138 Å². The number of nitrogens with one attached hydrogen (secondary N) is 1. The van der Waals surface area contributed by atoms with Gasteiger partial charge in [-0.25, -0.2) is 0 Å². The van der Waals surface area contributed by atoms with E-state index in [1.807, 2.05) is 25.2 Å². The summed E-state index contributed by atoms with van der Waals surface area (Å²) in [6, 6.07) is 5.75. The van der Waals surface area contributed by atoms with E-state index >= 15 is 0 Å². The van der Waals surface area contributed by atoms with Gasteiger partial charge >= 0.3 is 0 Å². The van der Waals surface area contributed by atoms with Crippen molar-refractivity contribution in [2.75, 3.05) is 13.7 Å². The topological polar surface area (TPSA) is 21.3 Å². The summed E-state index contributed by atoms with van der Waals surface area (Å²) in [4.78, 5) is 0. The molecule has 0 saturated heterocycles. The van der Waals surface area contributed by atoms with Gasteiger partial charge in [0.25, 0.3) is 0 Å². The van der Waals surface area contributed by atoms with E-state index in [0.717, 1.165) is 35.1 Å². The van der Waals surface area contributed by atoms with Crippen LogP contribution in [0, 0.1) is 0 Å². The van der Waals surface area contributed by atoms with Crippen molar-refractivity contribution in [2.45, 2.75) is 57.1 Å². The Bertz CT molecular complexity index is 456. The second-order valence-electron chi connectivity index (χ2n) is 5.80. The predicted octanol–water partition coefficient (Wildman–Crippen LogP) is 5.38. The van der Waals surface area contributed by atoms with Crippen LogP contribution in [0.15, 0.2) is 18.2 Å². The van der Waals surface area contributed by atoms with Crippen molar-refractivity contribution in [3.8, 4) is 0 Å². The standard InChI is InChI=1S/C17H25Cl2NO/c1-3-21-17(10-6-4-5-7-11-17)16(20-2)14-12-13(18)8-9-15(14)19/h8-9,12,16,20H,3-7,10-11H2,1-2H3. The molecule has 0 radical (unpaired) electrons. The Morgan fingerprint density at radius 1 is 1.19 bits per heavy atom. The molecule has 1 aliphatic rings. The van der Waals surface area contributed by atoms with Crippen LogP contribution in [0.3, 0.4) is 0 Å². The Morgan fingerprint density at radius 2 is 1.86 bits per heavy atom. The molecule has 1 aliphatic carbocycles. The van der Waals surface area contributed by atoms with Crippen molar-refractivity contribution >= 4 is 23.2 Å². The minimum absolute atomic E-state index is 0.0711. The quantitative estimate of drug-likeness (QED) is 0.732. The maximum absolute atomic E-state index is 6.44. The molecule has 0 heterocycles. The molecule has 0 aliphatic heterocycles. The maximum Gasteiger partial charge on any atom is 0.0876 e. The zero-order valence-corrected chi connectivity index (χ0v) is 14.4. The van der Waals surface area contributed by atoms with Crippen molar-refractivity contribution < 1.29 is 4.74 Å². The van der Waals surface area contributed by atoms with E-state index in [1.54, 1.807) is 0 Å². The summed E-state index contributed by atoms with van der Waals surface area (Å²) >= 11 is 12.6. The van der Waals surface area contributed by atoms with Gasteiger partial charge in [0.1, 0.15) is 0 Å². The number of rotatable bonds is 5. The average Bonchev–Trinajstić information content (AvgIpc) is 2.70. The molecule has 0 aromatic heterocycles. The second-order valence-corrected chi connectivity index (χ2v) is 6.64. The average molecular weight is 330 g/mol. The molecule has 1 aromatic carbocycles. The first kappa shape index (κ1) is 17.1. The summed E-state index contributed by atoms with van der Waals surface area (Å²) < 4.78 is 6.29. The van der Waals surface area contributed by atoms with E-state index < -0.39 is 0 Å². The van der Waals surface area contributed by atoms with Gasteiger partial charge in [-0.1, -0.05) is 48.9 Å². The van der Waals surface area contributed by atoms with Crippen LogP contribution in [0.1, 0.15) is 57.1 Å². The molecular weight excluding hydrogens is 305 g/mol. The molecule has 1 atom stereocenters. The smallest absolute Gasteiger partial charge is 0.0876 e. The molecule has 2 rings (SSSR count). The summed E-state index contributed by atoms with van der Waals surface area (Å²) in [5, 5.41) is 4.91. The molecule has 1 unspecified atom stereocenters. The molecule has 1 aromatic rings. The lowest BCUT2D eigenvalue weighted by atomic mass is 9.82. The number of hydrogen-bond acceptors (Lipinski definition) is 2. The minimum Gasteiger partial charge on any atom is -0.373 e. The van der Waals surface area contributed by atoms with E-state index in [0.29, 0.717) is 0 Å². The van der Waals surface area contributed by atoms with Crippen LogP contribution in [0.2, 0.25) is 10.0 Å². The van der Waals surface area contributed by atoms with Gasteiger partial charge in [0.05, 0.1) is 11.6 Å². The Morgan fingerprint density at radius 3 is 2.43 bits per heavy atom. The Kier molecular flexibility index (Phi) is 6.36. The van der Waals surface area contributed by atoms with Crippen molar-refractivity contribution in [3.63, 3.8) is 0 Å². The van der Waals surface area contributed by atoms with Crippen LogP contribution >= 0.6 is 23.2 Å². The number of likely N-dealkylation sites (N-methyl/N-ethyl adjacent to an activating group) is 1. The summed E-state index contributed by atoms with van der Waals surface area (Å²) in [7, 11) is 1.98. The SMILES string of the molecule is CCOC1(C(NC)c2cc(Cl)ccc2Cl)CCCCCC1. The van der Waals surface area contributed by atoms with E-state index in [1.165, 1.54) is 25.7 Å². The summed E-state index contributed by atoms with van der Waals surface area (Å²) in [6.45, 7) is 2.79. The maximum atomic E-state index is 6.44. The number of ether oxygens (including phenoxy) is 1. The molecule has 0 spiro atoms. The number of halogens is 2. The van der Waals surface area contributed by atoms with E-state index in [9.17, 15) is 0 Å². The van der Waals surface area contributed by atoms with Crippen molar-refractivity contribution in [2.24, 2.45) is 0 Å². The highest BCUT2D eigenvalue weighted by Crippen LogP contribution is 2.42. The fourth-order valence-corrected chi connectivity index (χ4v) is 3.98. The molecule has 4 heteroatoms. The number of benzene rings is 1. The molecule has 21 heavy (non-hydrogen) atoms. The fourth-order valence-electron chi connectivity index (χ4n) is 3.57. The monoisotopic (exact) mass is 329 g/mol. The number of hydrogen-bond donors (Lipinski definition) is 1. The van der Waals surface area contributed by atoms with Gasteiger partial charge in [-0.2, -0.15) is 0 Å². The zero-order chi connectivity index (χ0) is 15.3. The van der Waals surface area contributed by atoms with E-state index in [2.05, 4.69) is 12.2 Å². The van der Waals surface area contributed by atoms with E-state index in [-0.39, 0.29) is 11.6 Å². The van der Waals surface area contributed by atoms with Gasteiger partial charge in [0.2, 0.25) is 0 Å². The van der Waals surface area contributed by atoms with Crippen molar-refractivity contribution in [1.82, 2.24) is 5.32 Å². The highest BCUT2D eigenvalue weighted by Gasteiger charge is 2.40. The third-order valence-electron chi connectivity index (χ3n) is 4.47. The third-order valence-corrected chi connectivity index (χ3v) is 5.04. The molecule has 118 valence electrons. The molecule has 1 saturated carbocycles. The van der Waals surface area contributed by atoms with Gasteiger partial charge in [-0.15, -0.1) is 0 Å². The van der Waals surface area contributed by atoms with Gasteiger partial charge in [0.15, 0.2) is 0 Å². The predicted molar refractivity (Wildman–Crippen MR) is 90.3 cm³/mol. The van der Waals surface area contributed by atoms with Crippen LogP contribution in [-0.2, 0) is 4.74 Å². The van der Waals surface area contributed by atoms with Crippen LogP contribution in [0.5, 0.6) is 0 Å². The van der Waals surface area contributed by atoms with E-state index in [4.69, 9.17) is 27.9 Å². The first-order valence-corrected chi connectivity index (χ1v) is 8.64. The Balaban J connectivity index is 2.41. The van der Waals surface area contributed by atoms with Gasteiger partial charge in [-0.05, 0) is 50.6 Å². The highest BCUT2D eigenvalue weighted by atomic mass is 35.5. The molecule has 0 amide bonds. The van der Waals surface area contributed by atoms with Gasteiger partial charge in [0, 0.05) is 16.7 Å². The second kappa shape index (κ2) is 7.82. The molecule has 0 bridgehead atoms. The zero-order valence-electron chi connectivity index (χ0n) is 12.9. The van der Waals surface area contributed by atoms with Gasteiger partial charge < -0.3 is 10.1 Å². The Hall–Kier alpha value is -0.280. The summed E-state index contributed by atoms with van der Waals surface area (Å²) in [5.74, 6) is 0. The molecular formula is C17H25Cl2NO. The molecule has 1 fully saturated rings. The van der Waals surface area contributed by atoms with Crippen LogP contribution < -0.4 is 5.32 Å². The van der Waals surface area contributed by atoms with Crippen LogP contribution in [0.25, 0.3) is 0 Å². The van der Waals surface area contributed by atoms with Crippen LogP contribution in [0.4, 0.5) is 0 Å². The highest BCUT2D eigenvalue weighted by molar-refractivity contribution is 6.33. The fraction of sp³-hybridized carbons (Fsp3) is 0.647. The largest absolute Gasteiger partial charge is 0.373 e. The molecule has 1 N–H and O–H groups in total. The normalized spacial score (nSPS) is 20.0. The lowest BCUT2D eigenvalue weighted by Gasteiger charge is -2.40. The molecule has 2 nitrogen and oxygen atoms in total. The lowest BCUT2D eigenvalue weighted by Crippen LogP contribution is -2.45. The van der Waals surface area contributed by atoms with Gasteiger partial charge in [-0.3, -0.25) is 0 Å². The lowest BCUT2D eigenvalue weighted by molar-refractivity contribution is -0.0766. The summed E-state index contributed by atoms with van der Waals surface area (Å²) in [5.41, 5.74) is 0.857. The first-order chi connectivity index (χ1) is 10.1. The van der Waals surface area contributed by atoms with Crippen molar-refractivity contribution in [1.29, 1.82) is 0 Å². The third kappa shape index (κ3) is 3.92. The summed E-state index contributed by atoms with van der Waals surface area (Å²) in [6.07, 6.45) is 7.11. The minimum atomic E-state index is -0.186. The van der Waals surface area contributed by atoms with Crippen LogP contribution in [-0.4, -0.2) is 19.3 Å². The first-order valence-electron chi connectivity index (χ1n) is 7.89.